The first-order chi connectivity index (χ1) is 12.1. The molecule has 132 valence electrons. The lowest BCUT2D eigenvalue weighted by Crippen LogP contribution is -2.44. The molecule has 0 radical (unpaired) electrons. The highest BCUT2D eigenvalue weighted by molar-refractivity contribution is 7.10. The molecule has 0 saturated carbocycles. The van der Waals surface area contributed by atoms with Crippen molar-refractivity contribution < 1.29 is 9.18 Å². The van der Waals surface area contributed by atoms with E-state index >= 15 is 0 Å². The monoisotopic (exact) mass is 379 g/mol. The van der Waals surface area contributed by atoms with Gasteiger partial charge >= 0.3 is 0 Å². The molecule has 2 aliphatic heterocycles. The number of halogens is 2. The summed E-state index contributed by atoms with van der Waals surface area (Å²) >= 11 is 7.54. The van der Waals surface area contributed by atoms with Crippen LogP contribution in [0.15, 0.2) is 23.7 Å². The Bertz CT molecular complexity index is 788. The molecule has 4 heterocycles. The lowest BCUT2D eigenvalue weighted by atomic mass is 9.94. The predicted octanol–water partition coefficient (Wildman–Crippen LogP) is 3.74. The van der Waals surface area contributed by atoms with Crippen LogP contribution in [0.25, 0.3) is 0 Å². The summed E-state index contributed by atoms with van der Waals surface area (Å²) in [6.45, 7) is 2.81. The van der Waals surface area contributed by atoms with Gasteiger partial charge in [-0.2, -0.15) is 0 Å². The maximum absolute atomic E-state index is 14.0. The second-order valence-electron chi connectivity index (χ2n) is 6.60. The van der Waals surface area contributed by atoms with E-state index in [2.05, 4.69) is 16.4 Å². The molecule has 25 heavy (non-hydrogen) atoms. The summed E-state index contributed by atoms with van der Waals surface area (Å²) in [6, 6.07) is 3.41. The molecule has 4 nitrogen and oxygen atoms in total. The molecule has 1 saturated heterocycles. The zero-order valence-corrected chi connectivity index (χ0v) is 15.3. The predicted molar refractivity (Wildman–Crippen MR) is 97.6 cm³/mol. The highest BCUT2D eigenvalue weighted by Crippen LogP contribution is 2.29. The van der Waals surface area contributed by atoms with Crippen molar-refractivity contribution in [2.24, 2.45) is 5.92 Å². The second kappa shape index (κ2) is 6.92. The summed E-state index contributed by atoms with van der Waals surface area (Å²) in [7, 11) is 0. The molecule has 7 heteroatoms. The van der Waals surface area contributed by atoms with Gasteiger partial charge in [0.2, 0.25) is 5.91 Å². The third kappa shape index (κ3) is 3.37. The fourth-order valence-corrected chi connectivity index (χ4v) is 4.71. The summed E-state index contributed by atoms with van der Waals surface area (Å²) in [5.74, 6) is 0.183. The van der Waals surface area contributed by atoms with Crippen LogP contribution in [0.5, 0.6) is 0 Å². The minimum absolute atomic E-state index is 0.0202. The Kier molecular flexibility index (Phi) is 4.65. The third-order valence-corrected chi connectivity index (χ3v) is 6.28. The summed E-state index contributed by atoms with van der Waals surface area (Å²) in [6.07, 6.45) is 3.88. The van der Waals surface area contributed by atoms with Crippen LogP contribution in [0, 0.1) is 11.7 Å². The Morgan fingerprint density at radius 1 is 1.32 bits per heavy atom. The summed E-state index contributed by atoms with van der Waals surface area (Å²) < 4.78 is 14.0. The maximum atomic E-state index is 14.0. The zero-order chi connectivity index (χ0) is 17.4. The van der Waals surface area contributed by atoms with E-state index in [1.807, 2.05) is 9.80 Å². The highest BCUT2D eigenvalue weighted by Gasteiger charge is 2.31. The van der Waals surface area contributed by atoms with Gasteiger partial charge in [-0.1, -0.05) is 11.6 Å². The van der Waals surface area contributed by atoms with Gasteiger partial charge in [0.15, 0.2) is 11.6 Å². The topological polar surface area (TPSA) is 36.4 Å². The van der Waals surface area contributed by atoms with Gasteiger partial charge < -0.3 is 9.80 Å². The van der Waals surface area contributed by atoms with Crippen LogP contribution in [0.2, 0.25) is 5.02 Å². The first-order valence-electron chi connectivity index (χ1n) is 8.52. The van der Waals surface area contributed by atoms with Crippen molar-refractivity contribution in [3.63, 3.8) is 0 Å². The Hall–Kier alpha value is -1.66. The molecule has 0 spiro atoms. The molecule has 4 rings (SSSR count). The van der Waals surface area contributed by atoms with E-state index in [0.29, 0.717) is 23.9 Å². The third-order valence-electron chi connectivity index (χ3n) is 5.05. The quantitative estimate of drug-likeness (QED) is 0.797. The number of anilines is 1. The molecular weight excluding hydrogens is 361 g/mol. The molecule has 0 N–H and O–H groups in total. The number of rotatable bonds is 2. The summed E-state index contributed by atoms with van der Waals surface area (Å²) in [4.78, 5) is 22.2. The molecule has 0 aromatic carbocycles. The largest absolute Gasteiger partial charge is 0.354 e. The van der Waals surface area contributed by atoms with Gasteiger partial charge in [-0.15, -0.1) is 11.3 Å². The van der Waals surface area contributed by atoms with E-state index in [0.717, 1.165) is 32.4 Å². The molecule has 0 bridgehead atoms. The fraction of sp³-hybridized carbons (Fsp3) is 0.444. The minimum Gasteiger partial charge on any atom is -0.354 e. The van der Waals surface area contributed by atoms with Gasteiger partial charge in [-0.3, -0.25) is 4.79 Å². The Morgan fingerprint density at radius 3 is 2.88 bits per heavy atom. The molecule has 0 aliphatic carbocycles. The maximum Gasteiger partial charge on any atom is 0.226 e. The molecule has 1 fully saturated rings. The average molecular weight is 380 g/mol. The first-order valence-corrected chi connectivity index (χ1v) is 9.77. The van der Waals surface area contributed by atoms with Crippen molar-refractivity contribution in [3.8, 4) is 0 Å². The number of piperidine rings is 1. The van der Waals surface area contributed by atoms with E-state index in [1.165, 1.54) is 22.7 Å². The van der Waals surface area contributed by atoms with E-state index < -0.39 is 5.82 Å². The van der Waals surface area contributed by atoms with Gasteiger partial charge in [-0.05, 0) is 42.3 Å². The van der Waals surface area contributed by atoms with Gasteiger partial charge in [0, 0.05) is 43.2 Å². The number of carbonyl (C=O) groups excluding carboxylic acids is 1. The van der Waals surface area contributed by atoms with Crippen LogP contribution in [-0.2, 0) is 17.8 Å². The number of pyridine rings is 1. The van der Waals surface area contributed by atoms with Crippen molar-refractivity contribution in [1.82, 2.24) is 9.88 Å². The Labute approximate surface area is 155 Å². The molecule has 1 amide bonds. The lowest BCUT2D eigenvalue weighted by Gasteiger charge is -2.36. The van der Waals surface area contributed by atoms with Gasteiger partial charge in [0.25, 0.3) is 0 Å². The Morgan fingerprint density at radius 2 is 2.12 bits per heavy atom. The number of hydrogen-bond acceptors (Lipinski definition) is 4. The molecule has 2 aromatic heterocycles. The molecule has 0 unspecified atom stereocenters. The zero-order valence-electron chi connectivity index (χ0n) is 13.8. The number of amides is 1. The fourth-order valence-electron chi connectivity index (χ4n) is 3.67. The van der Waals surface area contributed by atoms with E-state index in [-0.39, 0.29) is 11.8 Å². The molecule has 2 aromatic rings. The SMILES string of the molecule is O=C(C1CCN(c2ncc(Cl)cc2F)CC1)N1CCc2sccc2C1. The Balaban J connectivity index is 1.38. The number of fused-ring (bicyclic) bond motifs is 1. The van der Waals surface area contributed by atoms with E-state index in [9.17, 15) is 9.18 Å². The molecule has 0 atom stereocenters. The number of nitrogens with zero attached hydrogens (tertiary/aromatic N) is 3. The standard InChI is InChI=1S/C18H19ClFN3OS/c19-14-9-15(20)17(21-10-14)22-5-1-12(2-6-22)18(24)23-7-3-16-13(11-23)4-8-25-16/h4,8-10,12H,1-3,5-7,11H2. The van der Waals surface area contributed by atoms with Crippen LogP contribution in [0.4, 0.5) is 10.2 Å². The smallest absolute Gasteiger partial charge is 0.226 e. The van der Waals surface area contributed by atoms with Crippen molar-refractivity contribution in [1.29, 1.82) is 0 Å². The van der Waals surface area contributed by atoms with Crippen LogP contribution in [0.1, 0.15) is 23.3 Å². The van der Waals surface area contributed by atoms with Crippen molar-refractivity contribution in [2.75, 3.05) is 24.5 Å². The highest BCUT2D eigenvalue weighted by atomic mass is 35.5. The van der Waals surface area contributed by atoms with Crippen molar-refractivity contribution >= 4 is 34.7 Å². The van der Waals surface area contributed by atoms with Crippen LogP contribution in [0.3, 0.4) is 0 Å². The second-order valence-corrected chi connectivity index (χ2v) is 8.04. The van der Waals surface area contributed by atoms with Gasteiger partial charge in [0.1, 0.15) is 0 Å². The summed E-state index contributed by atoms with van der Waals surface area (Å²) in [5.41, 5.74) is 1.29. The average Bonchev–Trinajstić information content (AvgIpc) is 3.09. The number of hydrogen-bond donors (Lipinski definition) is 0. The minimum atomic E-state index is -0.404. The number of carbonyl (C=O) groups is 1. The van der Waals surface area contributed by atoms with Gasteiger partial charge in [0.05, 0.1) is 5.02 Å². The molecular formula is C18H19ClFN3OS. The molecule has 2 aliphatic rings. The van der Waals surface area contributed by atoms with Gasteiger partial charge in [-0.25, -0.2) is 9.37 Å². The van der Waals surface area contributed by atoms with Crippen LogP contribution < -0.4 is 4.90 Å². The van der Waals surface area contributed by atoms with Crippen LogP contribution in [-0.4, -0.2) is 35.4 Å². The summed E-state index contributed by atoms with van der Waals surface area (Å²) in [5, 5.41) is 2.40. The van der Waals surface area contributed by atoms with Crippen LogP contribution >= 0.6 is 22.9 Å². The number of thiophene rings is 1. The lowest BCUT2D eigenvalue weighted by molar-refractivity contribution is -0.137. The first kappa shape index (κ1) is 16.8. The van der Waals surface area contributed by atoms with E-state index in [4.69, 9.17) is 11.6 Å². The normalized spacial score (nSPS) is 18.3. The van der Waals surface area contributed by atoms with Crippen molar-refractivity contribution in [2.45, 2.75) is 25.8 Å². The van der Waals surface area contributed by atoms with E-state index in [1.54, 1.807) is 11.3 Å². The van der Waals surface area contributed by atoms with Crippen molar-refractivity contribution in [3.05, 3.63) is 45.0 Å². The number of aromatic nitrogens is 1.